The van der Waals surface area contributed by atoms with Crippen LogP contribution in [0, 0.1) is 17.8 Å². The van der Waals surface area contributed by atoms with Gasteiger partial charge in [0, 0.05) is 31.6 Å². The average Bonchev–Trinajstić information content (AvgIpc) is 2.46. The zero-order valence-corrected chi connectivity index (χ0v) is 12.2. The number of carbonyl (C=O) groups excluding carboxylic acids is 1. The summed E-state index contributed by atoms with van der Waals surface area (Å²) >= 11 is 0. The first-order chi connectivity index (χ1) is 9.25. The van der Waals surface area contributed by atoms with Crippen molar-refractivity contribution in [3.8, 4) is 0 Å². The van der Waals surface area contributed by atoms with Gasteiger partial charge in [0.2, 0.25) is 5.91 Å². The number of carbonyl (C=O) groups is 1. The first-order valence-corrected chi connectivity index (χ1v) is 8.27. The summed E-state index contributed by atoms with van der Waals surface area (Å²) in [4.78, 5) is 14.9. The summed E-state index contributed by atoms with van der Waals surface area (Å²) in [5.74, 6) is 2.59. The molecule has 3 fully saturated rings. The van der Waals surface area contributed by atoms with Crippen molar-refractivity contribution in [1.82, 2.24) is 10.2 Å². The predicted octanol–water partition coefficient (Wildman–Crippen LogP) is 2.41. The summed E-state index contributed by atoms with van der Waals surface area (Å²) in [6, 6.07) is 0.380. The Balaban J connectivity index is 1.60. The molecule has 0 aromatic carbocycles. The molecule has 108 valence electrons. The minimum atomic E-state index is 0.333. The molecule has 0 aromatic rings. The average molecular weight is 264 g/mol. The Kier molecular flexibility index (Phi) is 4.11. The number of nitrogens with zero attached hydrogens (tertiary/aromatic N) is 1. The number of piperazine rings is 1. The minimum Gasteiger partial charge on any atom is -0.337 e. The van der Waals surface area contributed by atoms with Crippen LogP contribution in [-0.2, 0) is 4.79 Å². The van der Waals surface area contributed by atoms with Gasteiger partial charge < -0.3 is 10.2 Å². The maximum absolute atomic E-state index is 12.7. The highest BCUT2D eigenvalue weighted by Crippen LogP contribution is 2.43. The van der Waals surface area contributed by atoms with Crippen molar-refractivity contribution in [3.05, 3.63) is 0 Å². The molecule has 1 heterocycles. The van der Waals surface area contributed by atoms with Crippen molar-refractivity contribution in [2.75, 3.05) is 19.6 Å². The van der Waals surface area contributed by atoms with E-state index in [2.05, 4.69) is 17.1 Å². The molecule has 0 bridgehead atoms. The van der Waals surface area contributed by atoms with Gasteiger partial charge in [-0.1, -0.05) is 25.7 Å². The molecule has 4 atom stereocenters. The van der Waals surface area contributed by atoms with E-state index in [0.29, 0.717) is 17.9 Å². The van der Waals surface area contributed by atoms with Crippen LogP contribution in [0.1, 0.15) is 51.9 Å². The Bertz CT molecular complexity index is 331. The number of hydrogen-bond donors (Lipinski definition) is 1. The summed E-state index contributed by atoms with van der Waals surface area (Å²) in [7, 11) is 0. The SMILES string of the molecule is C[C@@H]1CNCCN1C(=O)C1CCC2CCCCC2C1. The molecule has 1 amide bonds. The molecule has 0 radical (unpaired) electrons. The van der Waals surface area contributed by atoms with Crippen LogP contribution in [0.4, 0.5) is 0 Å². The molecular weight excluding hydrogens is 236 g/mol. The zero-order valence-electron chi connectivity index (χ0n) is 12.2. The Morgan fingerprint density at radius 2 is 1.89 bits per heavy atom. The number of hydrogen-bond acceptors (Lipinski definition) is 2. The van der Waals surface area contributed by atoms with Crippen LogP contribution in [0.3, 0.4) is 0 Å². The highest BCUT2D eigenvalue weighted by atomic mass is 16.2. The highest BCUT2D eigenvalue weighted by molar-refractivity contribution is 5.79. The van der Waals surface area contributed by atoms with Gasteiger partial charge in [-0.25, -0.2) is 0 Å². The van der Waals surface area contributed by atoms with Crippen LogP contribution in [-0.4, -0.2) is 36.5 Å². The molecule has 2 aliphatic carbocycles. The van der Waals surface area contributed by atoms with E-state index in [4.69, 9.17) is 0 Å². The fourth-order valence-electron chi connectivity index (χ4n) is 4.50. The molecule has 0 spiro atoms. The third-order valence-electron chi connectivity index (χ3n) is 5.67. The molecule has 2 saturated carbocycles. The standard InChI is InChI=1S/C16H28N2O/c1-12-11-17-8-9-18(12)16(19)15-7-6-13-4-2-3-5-14(13)10-15/h12-15,17H,2-11H2,1H3/t12-,13?,14?,15?/m1/s1. The monoisotopic (exact) mass is 264 g/mol. The van der Waals surface area contributed by atoms with Gasteiger partial charge >= 0.3 is 0 Å². The van der Waals surface area contributed by atoms with Crippen molar-refractivity contribution < 1.29 is 4.79 Å². The van der Waals surface area contributed by atoms with Crippen LogP contribution in [0.15, 0.2) is 0 Å². The van der Waals surface area contributed by atoms with Crippen LogP contribution in [0.2, 0.25) is 0 Å². The van der Waals surface area contributed by atoms with E-state index < -0.39 is 0 Å². The lowest BCUT2D eigenvalue weighted by Crippen LogP contribution is -2.54. The van der Waals surface area contributed by atoms with Crippen LogP contribution in [0.5, 0.6) is 0 Å². The van der Waals surface area contributed by atoms with Gasteiger partial charge in [0.25, 0.3) is 0 Å². The first-order valence-electron chi connectivity index (χ1n) is 8.27. The van der Waals surface area contributed by atoms with E-state index in [1.807, 2.05) is 0 Å². The van der Waals surface area contributed by atoms with Crippen LogP contribution < -0.4 is 5.32 Å². The Morgan fingerprint density at radius 1 is 1.11 bits per heavy atom. The molecule has 3 heteroatoms. The predicted molar refractivity (Wildman–Crippen MR) is 76.8 cm³/mol. The van der Waals surface area contributed by atoms with Gasteiger partial charge in [0.1, 0.15) is 0 Å². The second-order valence-corrected chi connectivity index (χ2v) is 6.90. The van der Waals surface area contributed by atoms with E-state index in [0.717, 1.165) is 37.9 Å². The maximum atomic E-state index is 12.7. The zero-order chi connectivity index (χ0) is 13.2. The fourth-order valence-corrected chi connectivity index (χ4v) is 4.50. The van der Waals surface area contributed by atoms with Gasteiger partial charge in [0.15, 0.2) is 0 Å². The maximum Gasteiger partial charge on any atom is 0.226 e. The first kappa shape index (κ1) is 13.4. The molecule has 1 N–H and O–H groups in total. The topological polar surface area (TPSA) is 32.3 Å². The summed E-state index contributed by atoms with van der Waals surface area (Å²) in [5, 5.41) is 3.37. The van der Waals surface area contributed by atoms with Crippen molar-refractivity contribution in [2.45, 2.75) is 57.9 Å². The second-order valence-electron chi connectivity index (χ2n) is 6.90. The van der Waals surface area contributed by atoms with Gasteiger partial charge in [-0.3, -0.25) is 4.79 Å². The van der Waals surface area contributed by atoms with E-state index in [-0.39, 0.29) is 0 Å². The number of rotatable bonds is 1. The highest BCUT2D eigenvalue weighted by Gasteiger charge is 2.37. The van der Waals surface area contributed by atoms with E-state index >= 15 is 0 Å². The van der Waals surface area contributed by atoms with Gasteiger partial charge in [-0.2, -0.15) is 0 Å². The molecule has 1 aliphatic heterocycles. The lowest BCUT2D eigenvalue weighted by molar-refractivity contribution is -0.140. The van der Waals surface area contributed by atoms with Crippen molar-refractivity contribution >= 4 is 5.91 Å². The Hall–Kier alpha value is -0.570. The quantitative estimate of drug-likeness (QED) is 0.789. The van der Waals surface area contributed by atoms with E-state index in [1.54, 1.807) is 0 Å². The molecule has 3 rings (SSSR count). The lowest BCUT2D eigenvalue weighted by atomic mass is 9.67. The molecule has 3 aliphatic rings. The number of nitrogens with one attached hydrogen (secondary N) is 1. The van der Waals surface area contributed by atoms with Crippen LogP contribution >= 0.6 is 0 Å². The van der Waals surface area contributed by atoms with E-state index in [1.165, 1.54) is 38.5 Å². The van der Waals surface area contributed by atoms with Gasteiger partial charge in [0.05, 0.1) is 0 Å². The third kappa shape index (κ3) is 2.81. The summed E-state index contributed by atoms with van der Waals surface area (Å²) in [6.45, 7) is 5.01. The number of amides is 1. The minimum absolute atomic E-state index is 0.333. The molecular formula is C16H28N2O. The third-order valence-corrected chi connectivity index (χ3v) is 5.67. The van der Waals surface area contributed by atoms with Crippen molar-refractivity contribution in [3.63, 3.8) is 0 Å². The largest absolute Gasteiger partial charge is 0.337 e. The summed E-state index contributed by atoms with van der Waals surface area (Å²) in [5.41, 5.74) is 0. The van der Waals surface area contributed by atoms with Crippen molar-refractivity contribution in [1.29, 1.82) is 0 Å². The lowest BCUT2D eigenvalue weighted by Gasteiger charge is -2.42. The second kappa shape index (κ2) is 5.82. The molecule has 1 saturated heterocycles. The molecule has 3 unspecified atom stereocenters. The molecule has 3 nitrogen and oxygen atoms in total. The van der Waals surface area contributed by atoms with Gasteiger partial charge in [-0.05, 0) is 38.0 Å². The Morgan fingerprint density at radius 3 is 2.68 bits per heavy atom. The molecule has 19 heavy (non-hydrogen) atoms. The number of fused-ring (bicyclic) bond motifs is 1. The normalized spacial score (nSPS) is 39.7. The Labute approximate surface area is 117 Å². The molecule has 0 aromatic heterocycles. The smallest absolute Gasteiger partial charge is 0.226 e. The van der Waals surface area contributed by atoms with Crippen LogP contribution in [0.25, 0.3) is 0 Å². The van der Waals surface area contributed by atoms with Crippen molar-refractivity contribution in [2.24, 2.45) is 17.8 Å². The fraction of sp³-hybridized carbons (Fsp3) is 0.938. The van der Waals surface area contributed by atoms with E-state index in [9.17, 15) is 4.79 Å². The summed E-state index contributed by atoms with van der Waals surface area (Å²) < 4.78 is 0. The summed E-state index contributed by atoms with van der Waals surface area (Å²) in [6.07, 6.45) is 9.26. The van der Waals surface area contributed by atoms with Gasteiger partial charge in [-0.15, -0.1) is 0 Å².